The molecule has 1 aliphatic heterocycles. The number of ether oxygens (including phenoxy) is 1. The molecule has 1 fully saturated rings. The molecule has 3 rings (SSSR count). The van der Waals surface area contributed by atoms with Crippen LogP contribution >= 0.6 is 30.1 Å². The highest BCUT2D eigenvalue weighted by molar-refractivity contribution is 14.2. The summed E-state index contributed by atoms with van der Waals surface area (Å²) in [5, 5.41) is 10.5. The molecule has 0 bridgehead atoms. The number of rotatable bonds is 4. The molecule has 2 aromatic rings. The molecule has 0 radical (unpaired) electrons. The molecule has 0 unspecified atom stereocenters. The molecule has 2 atom stereocenters. The number of methoxy groups -OCH3 is 1. The van der Waals surface area contributed by atoms with Gasteiger partial charge in [-0.2, -0.15) is 0 Å². The van der Waals surface area contributed by atoms with Crippen LogP contribution < -0.4 is 20.7 Å². The second-order valence-corrected chi connectivity index (χ2v) is 7.99. The van der Waals surface area contributed by atoms with E-state index in [0.29, 0.717) is 5.69 Å². The molecule has 1 aliphatic rings. The molecule has 2 aromatic carbocycles. The molecule has 6 nitrogen and oxygen atoms in total. The fraction of sp³-hybridized carbons (Fsp3) is 0.200. The summed E-state index contributed by atoms with van der Waals surface area (Å²) in [6.45, 7) is -0.00780. The van der Waals surface area contributed by atoms with Gasteiger partial charge in [-0.05, 0) is 38.5 Å². The van der Waals surface area contributed by atoms with Crippen LogP contribution in [0.5, 0.6) is 5.75 Å². The third-order valence-corrected chi connectivity index (χ3v) is 5.34. The maximum atomic E-state index is 14.5. The van der Waals surface area contributed by atoms with Gasteiger partial charge in [0, 0.05) is 62.6 Å². The van der Waals surface area contributed by atoms with Crippen molar-refractivity contribution in [2.75, 3.05) is 19.0 Å². The lowest BCUT2D eigenvalue weighted by Gasteiger charge is -2.20. The Labute approximate surface area is 188 Å². The normalized spacial score (nSPS) is 17.5. The summed E-state index contributed by atoms with van der Waals surface area (Å²) < 4.78 is 33.8. The molecular formula is C20H16F2IN3O3S. The van der Waals surface area contributed by atoms with Crippen molar-refractivity contribution in [3.63, 3.8) is 0 Å². The largest absolute Gasteiger partial charge is 0.497 e. The fourth-order valence-electron chi connectivity index (χ4n) is 3.11. The minimum absolute atomic E-state index is 0.00780. The predicted octanol–water partition coefficient (Wildman–Crippen LogP) is 3.77. The van der Waals surface area contributed by atoms with E-state index in [1.165, 1.54) is 16.0 Å². The molecule has 0 saturated carbocycles. The molecule has 0 spiro atoms. The zero-order valence-corrected chi connectivity index (χ0v) is 18.6. The van der Waals surface area contributed by atoms with Crippen molar-refractivity contribution < 1.29 is 23.1 Å². The van der Waals surface area contributed by atoms with Crippen LogP contribution in [0, 0.1) is 22.8 Å². The second-order valence-electron chi connectivity index (χ2n) is 6.31. The van der Waals surface area contributed by atoms with Gasteiger partial charge < -0.3 is 20.7 Å². The van der Waals surface area contributed by atoms with Gasteiger partial charge in [-0.15, -0.1) is 0 Å². The van der Waals surface area contributed by atoms with Gasteiger partial charge in [0.2, 0.25) is 5.91 Å². The topological polar surface area (TPSA) is 79.5 Å². The molecular weight excluding hydrogens is 527 g/mol. The van der Waals surface area contributed by atoms with Crippen molar-refractivity contribution in [2.24, 2.45) is 0 Å². The minimum atomic E-state index is -1.13. The Bertz CT molecular complexity index is 1000. The molecule has 0 aromatic heterocycles. The maximum Gasteiger partial charge on any atom is 0.319 e. The number of amides is 3. The lowest BCUT2D eigenvalue weighted by molar-refractivity contribution is -0.120. The van der Waals surface area contributed by atoms with Gasteiger partial charge in [0.05, 0.1) is 7.11 Å². The first-order chi connectivity index (χ1) is 14.4. The number of carbonyl (C=O) groups excluding carboxylic acids is 2. The van der Waals surface area contributed by atoms with Crippen molar-refractivity contribution >= 4 is 47.8 Å². The minimum Gasteiger partial charge on any atom is -0.497 e. The van der Waals surface area contributed by atoms with E-state index < -0.39 is 35.5 Å². The first-order valence-corrected chi connectivity index (χ1v) is 12.1. The number of hydrogen-bond acceptors (Lipinski definition) is 4. The molecule has 1 saturated heterocycles. The van der Waals surface area contributed by atoms with Crippen LogP contribution in [0.25, 0.3) is 0 Å². The van der Waals surface area contributed by atoms with E-state index >= 15 is 0 Å². The van der Waals surface area contributed by atoms with Crippen LogP contribution in [0.4, 0.5) is 19.3 Å². The van der Waals surface area contributed by atoms with E-state index in [2.05, 4.69) is 48.3 Å². The van der Waals surface area contributed by atoms with Crippen LogP contribution in [0.3, 0.4) is 0 Å². The van der Waals surface area contributed by atoms with Gasteiger partial charge in [0.15, 0.2) is 0 Å². The average Bonchev–Trinajstić information content (AvgIpc) is 3.07. The zero-order valence-electron chi connectivity index (χ0n) is 15.6. The van der Waals surface area contributed by atoms with E-state index in [9.17, 15) is 18.4 Å². The summed E-state index contributed by atoms with van der Waals surface area (Å²) >= 11 is 2.07. The number of benzene rings is 2. The third kappa shape index (κ3) is 5.14. The standard InChI is InChI=1S/C20H16F2IN3O3S/c1-29-13-8-15(21)17(16(22)9-13)14-10-24-19(27)18(14)26-20(28)25-12-4-2-11(3-5-12)6-7-30-23/h2-5,8-9,14,18H,10H2,1H3,(H,24,27)(H2,25,26,28)/t14-,18-/m0/s1. The summed E-state index contributed by atoms with van der Waals surface area (Å²) in [5.74, 6) is -0.165. The molecule has 30 heavy (non-hydrogen) atoms. The Kier molecular flexibility index (Phi) is 7.38. The first-order valence-electron chi connectivity index (χ1n) is 8.69. The summed E-state index contributed by atoms with van der Waals surface area (Å²) in [4.78, 5) is 24.6. The van der Waals surface area contributed by atoms with Crippen LogP contribution in [0.1, 0.15) is 17.0 Å². The fourth-order valence-corrected chi connectivity index (χ4v) is 3.60. The smallest absolute Gasteiger partial charge is 0.319 e. The highest BCUT2D eigenvalue weighted by atomic mass is 127. The Morgan fingerprint density at radius 2 is 1.93 bits per heavy atom. The summed E-state index contributed by atoms with van der Waals surface area (Å²) in [6, 6.07) is 7.09. The molecule has 1 heterocycles. The molecule has 3 amide bonds. The molecule has 0 aliphatic carbocycles. The van der Waals surface area contributed by atoms with Crippen molar-refractivity contribution in [2.45, 2.75) is 12.0 Å². The van der Waals surface area contributed by atoms with Crippen molar-refractivity contribution in [1.82, 2.24) is 10.6 Å². The second kappa shape index (κ2) is 9.99. The van der Waals surface area contributed by atoms with E-state index in [0.717, 1.165) is 17.7 Å². The van der Waals surface area contributed by atoms with Crippen LogP contribution in [0.15, 0.2) is 36.4 Å². The monoisotopic (exact) mass is 543 g/mol. The van der Waals surface area contributed by atoms with E-state index in [-0.39, 0.29) is 17.9 Å². The number of hydrogen-bond donors (Lipinski definition) is 3. The maximum absolute atomic E-state index is 14.5. The Balaban J connectivity index is 1.73. The summed E-state index contributed by atoms with van der Waals surface area (Å²) in [5.41, 5.74) is 0.985. The van der Waals surface area contributed by atoms with Gasteiger partial charge >= 0.3 is 6.03 Å². The SMILES string of the molecule is COc1cc(F)c([C@@H]2CNC(=O)[C@H]2NC(=O)Nc2ccc(C#CSI)cc2)c(F)c1. The molecule has 3 N–H and O–H groups in total. The van der Waals surface area contributed by atoms with Gasteiger partial charge in [-0.1, -0.05) is 5.92 Å². The Morgan fingerprint density at radius 1 is 1.27 bits per heavy atom. The first kappa shape index (κ1) is 22.2. The van der Waals surface area contributed by atoms with Crippen LogP contribution in [-0.2, 0) is 4.79 Å². The van der Waals surface area contributed by atoms with Crippen molar-refractivity contribution in [3.8, 4) is 16.9 Å². The predicted molar refractivity (Wildman–Crippen MR) is 120 cm³/mol. The lowest BCUT2D eigenvalue weighted by atomic mass is 9.93. The number of anilines is 1. The third-order valence-electron chi connectivity index (χ3n) is 4.50. The Hall–Kier alpha value is -2.52. The number of urea groups is 1. The van der Waals surface area contributed by atoms with E-state index in [1.54, 1.807) is 24.3 Å². The van der Waals surface area contributed by atoms with Gasteiger partial charge in [0.1, 0.15) is 23.4 Å². The van der Waals surface area contributed by atoms with Crippen molar-refractivity contribution in [3.05, 3.63) is 59.2 Å². The van der Waals surface area contributed by atoms with E-state index in [4.69, 9.17) is 4.74 Å². The van der Waals surface area contributed by atoms with Gasteiger partial charge in [-0.25, -0.2) is 13.6 Å². The summed E-state index contributed by atoms with van der Waals surface area (Å²) in [7, 11) is 2.66. The van der Waals surface area contributed by atoms with Crippen LogP contribution in [0.2, 0.25) is 0 Å². The molecule has 156 valence electrons. The molecule has 10 heteroatoms. The summed E-state index contributed by atoms with van der Waals surface area (Å²) in [6.07, 6.45) is 0. The van der Waals surface area contributed by atoms with Gasteiger partial charge in [0.25, 0.3) is 0 Å². The zero-order chi connectivity index (χ0) is 21.7. The highest BCUT2D eigenvalue weighted by Crippen LogP contribution is 2.31. The quantitative estimate of drug-likeness (QED) is 0.406. The van der Waals surface area contributed by atoms with Crippen LogP contribution in [-0.4, -0.2) is 31.6 Å². The number of halogens is 3. The number of nitrogens with one attached hydrogen (secondary N) is 3. The number of carbonyl (C=O) groups is 2. The van der Waals surface area contributed by atoms with E-state index in [1.807, 2.05) is 0 Å². The average molecular weight is 543 g/mol. The van der Waals surface area contributed by atoms with Crippen molar-refractivity contribution in [1.29, 1.82) is 0 Å². The van der Waals surface area contributed by atoms with Gasteiger partial charge in [-0.3, -0.25) is 4.79 Å². The lowest BCUT2D eigenvalue weighted by Crippen LogP contribution is -2.45. The Morgan fingerprint density at radius 3 is 2.53 bits per heavy atom. The highest BCUT2D eigenvalue weighted by Gasteiger charge is 2.40.